The Morgan fingerprint density at radius 2 is 1.75 bits per heavy atom. The molecule has 2 aromatic heterocycles. The van der Waals surface area contributed by atoms with Crippen LogP contribution in [0.15, 0.2) is 60.7 Å². The largest absolute Gasteiger partial charge is 0.352 e. The summed E-state index contributed by atoms with van der Waals surface area (Å²) in [7, 11) is 0. The number of fused-ring (bicyclic) bond motifs is 1. The Bertz CT molecular complexity index is 1240. The van der Waals surface area contributed by atoms with Crippen LogP contribution in [0.3, 0.4) is 0 Å². The van der Waals surface area contributed by atoms with Crippen molar-refractivity contribution in [1.82, 2.24) is 20.4 Å². The highest BCUT2D eigenvalue weighted by Gasteiger charge is 2.16. The summed E-state index contributed by atoms with van der Waals surface area (Å²) >= 11 is 1.45. The average molecular weight is 447 g/mol. The van der Waals surface area contributed by atoms with Gasteiger partial charge in [-0.2, -0.15) is 5.10 Å². The first-order valence-electron chi connectivity index (χ1n) is 10.7. The second kappa shape index (κ2) is 9.78. The van der Waals surface area contributed by atoms with Gasteiger partial charge in [0, 0.05) is 24.0 Å². The van der Waals surface area contributed by atoms with Crippen molar-refractivity contribution in [3.05, 3.63) is 87.9 Å². The summed E-state index contributed by atoms with van der Waals surface area (Å²) in [5, 5.41) is 11.5. The third-order valence-electron chi connectivity index (χ3n) is 5.18. The Morgan fingerprint density at radius 1 is 0.969 bits per heavy atom. The van der Waals surface area contributed by atoms with Gasteiger partial charge in [-0.3, -0.25) is 14.3 Å². The highest BCUT2D eigenvalue weighted by atomic mass is 32.1. The highest BCUT2D eigenvalue weighted by Crippen LogP contribution is 2.29. The number of aromatic nitrogens is 2. The van der Waals surface area contributed by atoms with E-state index in [9.17, 15) is 9.59 Å². The van der Waals surface area contributed by atoms with Gasteiger partial charge in [0.15, 0.2) is 0 Å². The highest BCUT2D eigenvalue weighted by molar-refractivity contribution is 7.20. The minimum Gasteiger partial charge on any atom is -0.352 e. The molecule has 4 aromatic rings. The Kier molecular flexibility index (Phi) is 6.66. The summed E-state index contributed by atoms with van der Waals surface area (Å²) in [5.74, 6) is -0.222. The number of benzene rings is 2. The van der Waals surface area contributed by atoms with E-state index < -0.39 is 0 Å². The van der Waals surface area contributed by atoms with Crippen molar-refractivity contribution < 1.29 is 9.59 Å². The lowest BCUT2D eigenvalue weighted by Gasteiger charge is -2.07. The molecule has 2 aromatic carbocycles. The van der Waals surface area contributed by atoms with Crippen molar-refractivity contribution in [3.8, 4) is 0 Å². The fourth-order valence-corrected chi connectivity index (χ4v) is 4.60. The Hall–Kier alpha value is -3.45. The second-order valence-corrected chi connectivity index (χ2v) is 8.73. The van der Waals surface area contributed by atoms with E-state index in [0.717, 1.165) is 27.9 Å². The first-order valence-corrected chi connectivity index (χ1v) is 11.5. The maximum Gasteiger partial charge on any atom is 0.261 e. The fraction of sp³-hybridized carbons (Fsp3) is 0.240. The first-order chi connectivity index (χ1) is 15.5. The standard InChI is InChI=1S/C25H26N4O2S/c1-3-12-26-23(30)20-11-7-10-19(13-20)15-27-24(31)22-14-21-17(2)28-29(25(21)32-22)16-18-8-5-4-6-9-18/h4-11,13-14H,3,12,15-16H2,1-2H3,(H,26,30)(H,27,31). The van der Waals surface area contributed by atoms with E-state index in [1.54, 1.807) is 6.07 Å². The van der Waals surface area contributed by atoms with Gasteiger partial charge in [0.1, 0.15) is 4.83 Å². The predicted molar refractivity (Wildman–Crippen MR) is 128 cm³/mol. The number of nitrogens with one attached hydrogen (secondary N) is 2. The van der Waals surface area contributed by atoms with E-state index in [2.05, 4.69) is 27.9 Å². The van der Waals surface area contributed by atoms with Gasteiger partial charge in [0.25, 0.3) is 11.8 Å². The number of nitrogens with zero attached hydrogens (tertiary/aromatic N) is 2. The number of amides is 2. The van der Waals surface area contributed by atoms with Crippen molar-refractivity contribution in [2.45, 2.75) is 33.4 Å². The summed E-state index contributed by atoms with van der Waals surface area (Å²) in [5.41, 5.74) is 3.56. The number of hydrogen-bond donors (Lipinski definition) is 2. The number of thiophene rings is 1. The molecule has 2 amide bonds. The number of carbonyl (C=O) groups is 2. The third-order valence-corrected chi connectivity index (χ3v) is 6.33. The van der Waals surface area contributed by atoms with Crippen LogP contribution < -0.4 is 10.6 Å². The van der Waals surface area contributed by atoms with E-state index in [4.69, 9.17) is 0 Å². The summed E-state index contributed by atoms with van der Waals surface area (Å²) < 4.78 is 1.96. The van der Waals surface area contributed by atoms with Gasteiger partial charge >= 0.3 is 0 Å². The van der Waals surface area contributed by atoms with Crippen molar-refractivity contribution in [2.75, 3.05) is 6.54 Å². The first kappa shape index (κ1) is 21.8. The van der Waals surface area contributed by atoms with Crippen LogP contribution in [0.2, 0.25) is 0 Å². The van der Waals surface area contributed by atoms with E-state index in [-0.39, 0.29) is 11.8 Å². The second-order valence-electron chi connectivity index (χ2n) is 7.70. The van der Waals surface area contributed by atoms with Crippen molar-refractivity contribution in [3.63, 3.8) is 0 Å². The molecule has 0 bridgehead atoms. The number of rotatable bonds is 8. The van der Waals surface area contributed by atoms with Crippen molar-refractivity contribution in [2.24, 2.45) is 0 Å². The van der Waals surface area contributed by atoms with Gasteiger partial charge in [-0.05, 0) is 42.7 Å². The topological polar surface area (TPSA) is 76.0 Å². The van der Waals surface area contributed by atoms with Gasteiger partial charge in [0.2, 0.25) is 0 Å². The van der Waals surface area contributed by atoms with E-state index >= 15 is 0 Å². The normalized spacial score (nSPS) is 10.9. The molecule has 0 aliphatic rings. The molecule has 32 heavy (non-hydrogen) atoms. The molecule has 0 saturated heterocycles. The molecular formula is C25H26N4O2S. The quantitative estimate of drug-likeness (QED) is 0.418. The Labute approximate surface area is 191 Å². The fourth-order valence-electron chi connectivity index (χ4n) is 3.52. The average Bonchev–Trinajstić information content (AvgIpc) is 3.38. The van der Waals surface area contributed by atoms with Crippen LogP contribution in [0.4, 0.5) is 0 Å². The number of carbonyl (C=O) groups excluding carboxylic acids is 2. The van der Waals surface area contributed by atoms with Crippen LogP contribution >= 0.6 is 11.3 Å². The zero-order valence-corrected chi connectivity index (χ0v) is 19.0. The smallest absolute Gasteiger partial charge is 0.261 e. The molecule has 0 spiro atoms. The minimum absolute atomic E-state index is 0.0945. The van der Waals surface area contributed by atoms with Gasteiger partial charge < -0.3 is 10.6 Å². The predicted octanol–water partition coefficient (Wildman–Crippen LogP) is 4.52. The van der Waals surface area contributed by atoms with Crippen LogP contribution in [-0.2, 0) is 13.1 Å². The molecule has 0 radical (unpaired) electrons. The Morgan fingerprint density at radius 3 is 2.53 bits per heavy atom. The lowest BCUT2D eigenvalue weighted by atomic mass is 10.1. The molecule has 0 aliphatic carbocycles. The van der Waals surface area contributed by atoms with Crippen molar-refractivity contribution in [1.29, 1.82) is 0 Å². The van der Waals surface area contributed by atoms with Gasteiger partial charge in [0.05, 0.1) is 17.1 Å². The molecular weight excluding hydrogens is 420 g/mol. The Balaban J connectivity index is 1.45. The van der Waals surface area contributed by atoms with Gasteiger partial charge in [-0.25, -0.2) is 0 Å². The van der Waals surface area contributed by atoms with Crippen LogP contribution in [0.5, 0.6) is 0 Å². The summed E-state index contributed by atoms with van der Waals surface area (Å²) in [6.07, 6.45) is 0.888. The van der Waals surface area contributed by atoms with E-state index in [0.29, 0.717) is 30.1 Å². The van der Waals surface area contributed by atoms with Gasteiger partial charge in [-0.15, -0.1) is 11.3 Å². The molecule has 0 atom stereocenters. The van der Waals surface area contributed by atoms with Crippen LogP contribution in [-0.4, -0.2) is 28.1 Å². The molecule has 7 heteroatoms. The molecule has 0 unspecified atom stereocenters. The van der Waals surface area contributed by atoms with E-state index in [1.807, 2.05) is 61.0 Å². The number of aryl methyl sites for hydroxylation is 1. The monoisotopic (exact) mass is 446 g/mol. The van der Waals surface area contributed by atoms with Crippen LogP contribution in [0.1, 0.15) is 50.2 Å². The summed E-state index contributed by atoms with van der Waals surface area (Å²) in [4.78, 5) is 26.6. The van der Waals surface area contributed by atoms with Gasteiger partial charge in [-0.1, -0.05) is 49.4 Å². The molecule has 0 saturated carbocycles. The van der Waals surface area contributed by atoms with Crippen molar-refractivity contribution >= 4 is 33.4 Å². The zero-order valence-electron chi connectivity index (χ0n) is 18.2. The molecule has 2 N–H and O–H groups in total. The molecule has 6 nitrogen and oxygen atoms in total. The maximum absolute atomic E-state index is 12.8. The summed E-state index contributed by atoms with van der Waals surface area (Å²) in [6.45, 7) is 5.65. The molecule has 2 heterocycles. The zero-order chi connectivity index (χ0) is 22.5. The SMILES string of the molecule is CCCNC(=O)c1cccc(CNC(=O)c2cc3c(C)nn(Cc4ccccc4)c3s2)c1. The van der Waals surface area contributed by atoms with E-state index in [1.165, 1.54) is 16.9 Å². The maximum atomic E-state index is 12.8. The minimum atomic E-state index is -0.127. The lowest BCUT2D eigenvalue weighted by molar-refractivity contribution is 0.0948. The molecule has 0 fully saturated rings. The third kappa shape index (κ3) is 4.89. The number of hydrogen-bond acceptors (Lipinski definition) is 4. The molecule has 4 rings (SSSR count). The molecule has 0 aliphatic heterocycles. The summed E-state index contributed by atoms with van der Waals surface area (Å²) in [6, 6.07) is 19.4. The molecule has 164 valence electrons. The lowest BCUT2D eigenvalue weighted by Crippen LogP contribution is -2.25. The van der Waals surface area contributed by atoms with Crippen LogP contribution in [0.25, 0.3) is 10.2 Å². The van der Waals surface area contributed by atoms with Crippen LogP contribution in [0, 0.1) is 6.92 Å².